The molecule has 0 radical (unpaired) electrons. The normalized spacial score (nSPS) is 21.2. The van der Waals surface area contributed by atoms with Crippen molar-refractivity contribution in [2.75, 3.05) is 33.4 Å². The van der Waals surface area contributed by atoms with Crippen LogP contribution in [0.4, 0.5) is 0 Å². The molecule has 164 valence electrons. The van der Waals surface area contributed by atoms with Gasteiger partial charge < -0.3 is 14.5 Å². The van der Waals surface area contributed by atoms with Crippen LogP contribution in [0.3, 0.4) is 0 Å². The maximum atomic E-state index is 12.8. The van der Waals surface area contributed by atoms with Crippen LogP contribution in [0.25, 0.3) is 5.65 Å². The molecule has 2 aliphatic rings. The third kappa shape index (κ3) is 4.16. The van der Waals surface area contributed by atoms with Crippen molar-refractivity contribution >= 4 is 11.6 Å². The Balaban J connectivity index is 1.55. The summed E-state index contributed by atoms with van der Waals surface area (Å²) in [6, 6.07) is 4.15. The second-order valence-corrected chi connectivity index (χ2v) is 8.82. The molecule has 0 spiro atoms. The maximum absolute atomic E-state index is 12.8. The fourth-order valence-electron chi connectivity index (χ4n) is 4.84. The topological polar surface area (TPSA) is 82.9 Å². The van der Waals surface area contributed by atoms with Crippen LogP contribution in [-0.2, 0) is 9.53 Å². The van der Waals surface area contributed by atoms with Crippen LogP contribution in [0.2, 0.25) is 0 Å². The zero-order valence-electron chi connectivity index (χ0n) is 18.3. The first-order valence-corrected chi connectivity index (χ1v) is 11.1. The Bertz CT molecular complexity index is 942. The smallest absolute Gasteiger partial charge is 0.272 e. The average molecular weight is 416 g/mol. The lowest BCUT2D eigenvalue weighted by Gasteiger charge is -2.34. The SMILES string of the molecule is COCCC(=O)N1CCC[C@@H]1c1cc2nc(C3CCN(C(C)C)CC3)cc(=O)n2[nH]1. The number of fused-ring (bicyclic) bond motifs is 1. The van der Waals surface area contributed by atoms with Crippen molar-refractivity contribution in [2.24, 2.45) is 0 Å². The molecule has 0 saturated carbocycles. The highest BCUT2D eigenvalue weighted by Crippen LogP contribution is 2.32. The molecule has 2 aromatic rings. The van der Waals surface area contributed by atoms with Crippen LogP contribution < -0.4 is 5.56 Å². The summed E-state index contributed by atoms with van der Waals surface area (Å²) in [5.74, 6) is 0.422. The third-order valence-electron chi connectivity index (χ3n) is 6.62. The number of aromatic amines is 1. The first-order valence-electron chi connectivity index (χ1n) is 11.1. The van der Waals surface area contributed by atoms with Gasteiger partial charge in [-0.05, 0) is 52.6 Å². The summed E-state index contributed by atoms with van der Waals surface area (Å²) in [5.41, 5.74) is 2.35. The van der Waals surface area contributed by atoms with Crippen molar-refractivity contribution in [3.05, 3.63) is 33.9 Å². The summed E-state index contributed by atoms with van der Waals surface area (Å²) in [4.78, 5) is 34.5. The zero-order chi connectivity index (χ0) is 21.3. The summed E-state index contributed by atoms with van der Waals surface area (Å²) < 4.78 is 6.57. The van der Waals surface area contributed by atoms with Crippen LogP contribution in [0.1, 0.15) is 69.3 Å². The minimum Gasteiger partial charge on any atom is -0.384 e. The molecule has 8 nitrogen and oxygen atoms in total. The van der Waals surface area contributed by atoms with Crippen LogP contribution in [-0.4, -0.2) is 69.7 Å². The highest BCUT2D eigenvalue weighted by molar-refractivity contribution is 5.77. The van der Waals surface area contributed by atoms with Gasteiger partial charge in [-0.2, -0.15) is 0 Å². The Morgan fingerprint density at radius 3 is 2.70 bits per heavy atom. The molecule has 0 unspecified atom stereocenters. The number of rotatable bonds is 6. The van der Waals surface area contributed by atoms with Gasteiger partial charge >= 0.3 is 0 Å². The van der Waals surface area contributed by atoms with Gasteiger partial charge in [0.2, 0.25) is 5.91 Å². The molecule has 0 aromatic carbocycles. The van der Waals surface area contributed by atoms with Gasteiger partial charge in [-0.1, -0.05) is 0 Å². The van der Waals surface area contributed by atoms with E-state index in [0.29, 0.717) is 30.6 Å². The number of piperidine rings is 1. The fraction of sp³-hybridized carbons (Fsp3) is 0.682. The van der Waals surface area contributed by atoms with Gasteiger partial charge in [0.25, 0.3) is 5.56 Å². The molecule has 2 fully saturated rings. The number of aromatic nitrogens is 3. The maximum Gasteiger partial charge on any atom is 0.272 e. The molecule has 0 bridgehead atoms. The first-order chi connectivity index (χ1) is 14.5. The lowest BCUT2D eigenvalue weighted by Crippen LogP contribution is -2.38. The first kappa shape index (κ1) is 21.1. The number of carbonyl (C=O) groups is 1. The molecule has 1 atom stereocenters. The number of nitrogens with zero attached hydrogens (tertiary/aromatic N) is 4. The van der Waals surface area contributed by atoms with E-state index in [1.807, 2.05) is 11.0 Å². The Kier molecular flexibility index (Phi) is 6.24. The van der Waals surface area contributed by atoms with Gasteiger partial charge in [0.05, 0.1) is 30.5 Å². The minimum atomic E-state index is -0.0807. The lowest BCUT2D eigenvalue weighted by atomic mass is 9.92. The Morgan fingerprint density at radius 1 is 1.23 bits per heavy atom. The average Bonchev–Trinajstić information content (AvgIpc) is 3.39. The van der Waals surface area contributed by atoms with Crippen LogP contribution in [0.5, 0.6) is 0 Å². The van der Waals surface area contributed by atoms with E-state index >= 15 is 0 Å². The van der Waals surface area contributed by atoms with Gasteiger partial charge in [0.1, 0.15) is 0 Å². The number of hydrogen-bond acceptors (Lipinski definition) is 5. The standard InChI is InChI=1S/C22H33N5O3/c1-15(2)25-10-6-16(7-11-25)17-14-22(29)27-20(23-17)13-18(24-27)19-5-4-9-26(19)21(28)8-12-30-3/h13-16,19,24H,4-12H2,1-3H3/t19-/m1/s1. The molecule has 8 heteroatoms. The summed E-state index contributed by atoms with van der Waals surface area (Å²) in [5, 5.41) is 3.21. The number of likely N-dealkylation sites (tertiary alicyclic amines) is 2. The third-order valence-corrected chi connectivity index (χ3v) is 6.62. The molecule has 30 heavy (non-hydrogen) atoms. The largest absolute Gasteiger partial charge is 0.384 e. The Labute approximate surface area is 177 Å². The van der Waals surface area contributed by atoms with Crippen molar-refractivity contribution in [1.82, 2.24) is 24.4 Å². The number of amides is 1. The van der Waals surface area contributed by atoms with E-state index in [1.54, 1.807) is 13.2 Å². The van der Waals surface area contributed by atoms with E-state index in [0.717, 1.165) is 56.7 Å². The monoisotopic (exact) mass is 415 g/mol. The quantitative estimate of drug-likeness (QED) is 0.783. The minimum absolute atomic E-state index is 0.0341. The van der Waals surface area contributed by atoms with Crippen molar-refractivity contribution in [1.29, 1.82) is 0 Å². The van der Waals surface area contributed by atoms with Gasteiger partial charge in [-0.3, -0.25) is 14.7 Å². The lowest BCUT2D eigenvalue weighted by molar-refractivity contribution is -0.133. The predicted molar refractivity (Wildman–Crippen MR) is 115 cm³/mol. The highest BCUT2D eigenvalue weighted by Gasteiger charge is 2.31. The van der Waals surface area contributed by atoms with Crippen LogP contribution >= 0.6 is 0 Å². The van der Waals surface area contributed by atoms with Gasteiger partial charge in [0.15, 0.2) is 5.65 Å². The van der Waals surface area contributed by atoms with E-state index in [2.05, 4.69) is 23.8 Å². The molecule has 4 heterocycles. The Hall–Kier alpha value is -2.19. The number of carbonyl (C=O) groups excluding carboxylic acids is 1. The van der Waals surface area contributed by atoms with Gasteiger partial charge in [0, 0.05) is 37.7 Å². The summed E-state index contributed by atoms with van der Waals surface area (Å²) in [6.07, 6.45) is 4.29. The Morgan fingerprint density at radius 2 is 2.00 bits per heavy atom. The number of hydrogen-bond donors (Lipinski definition) is 1. The molecule has 2 saturated heterocycles. The van der Waals surface area contributed by atoms with E-state index in [9.17, 15) is 9.59 Å². The van der Waals surface area contributed by atoms with Crippen LogP contribution in [0.15, 0.2) is 16.9 Å². The van der Waals surface area contributed by atoms with Crippen molar-refractivity contribution in [2.45, 2.75) is 64.0 Å². The summed E-state index contributed by atoms with van der Waals surface area (Å²) >= 11 is 0. The molecule has 2 aromatic heterocycles. The number of nitrogens with one attached hydrogen (secondary N) is 1. The van der Waals surface area contributed by atoms with Crippen molar-refractivity contribution in [3.63, 3.8) is 0 Å². The van der Waals surface area contributed by atoms with Gasteiger partial charge in [-0.15, -0.1) is 0 Å². The molecule has 1 N–H and O–H groups in total. The van der Waals surface area contributed by atoms with Crippen molar-refractivity contribution in [3.8, 4) is 0 Å². The molecular formula is C22H33N5O3. The van der Waals surface area contributed by atoms with Crippen LogP contribution in [0, 0.1) is 0 Å². The van der Waals surface area contributed by atoms with E-state index < -0.39 is 0 Å². The summed E-state index contributed by atoms with van der Waals surface area (Å²) in [7, 11) is 1.61. The fourth-order valence-corrected chi connectivity index (χ4v) is 4.84. The molecular weight excluding hydrogens is 382 g/mol. The molecule has 2 aliphatic heterocycles. The zero-order valence-corrected chi connectivity index (χ0v) is 18.3. The van der Waals surface area contributed by atoms with E-state index in [1.165, 1.54) is 4.52 Å². The molecule has 1 amide bonds. The summed E-state index contributed by atoms with van der Waals surface area (Å²) in [6.45, 7) is 7.71. The number of methoxy groups -OCH3 is 1. The van der Waals surface area contributed by atoms with E-state index in [4.69, 9.17) is 9.72 Å². The van der Waals surface area contributed by atoms with Gasteiger partial charge in [-0.25, -0.2) is 9.50 Å². The number of ether oxygens (including phenoxy) is 1. The molecule has 0 aliphatic carbocycles. The van der Waals surface area contributed by atoms with E-state index in [-0.39, 0.29) is 17.5 Å². The molecule has 4 rings (SSSR count). The second-order valence-electron chi connectivity index (χ2n) is 8.82. The second kappa shape index (κ2) is 8.89. The highest BCUT2D eigenvalue weighted by atomic mass is 16.5. The number of H-pyrrole nitrogens is 1. The van der Waals surface area contributed by atoms with Crippen molar-refractivity contribution < 1.29 is 9.53 Å². The predicted octanol–water partition coefficient (Wildman–Crippen LogP) is 2.31.